The number of nitrogens with zero attached hydrogens (tertiary/aromatic N) is 2. The van der Waals surface area contributed by atoms with Gasteiger partial charge in [-0.2, -0.15) is 0 Å². The van der Waals surface area contributed by atoms with Crippen molar-refractivity contribution >= 4 is 28.9 Å². The lowest BCUT2D eigenvalue weighted by Crippen LogP contribution is -2.37. The highest BCUT2D eigenvalue weighted by molar-refractivity contribution is 6.10. The van der Waals surface area contributed by atoms with Gasteiger partial charge in [-0.15, -0.1) is 0 Å². The summed E-state index contributed by atoms with van der Waals surface area (Å²) in [7, 11) is 1.73. The fraction of sp³-hybridized carbons (Fsp3) is 0.500. The number of carbonyl (C=O) groups is 1. The summed E-state index contributed by atoms with van der Waals surface area (Å²) in [6.07, 6.45) is 5.01. The normalized spacial score (nSPS) is 16.7. The molecule has 0 bridgehead atoms. The van der Waals surface area contributed by atoms with Crippen LogP contribution in [-0.4, -0.2) is 50.1 Å². The number of aromatic nitrogens is 1. The van der Waals surface area contributed by atoms with E-state index in [9.17, 15) is 9.18 Å². The molecular formula is C26H33FN4O3. The number of pyridine rings is 1. The molecule has 0 unspecified atom stereocenters. The van der Waals surface area contributed by atoms with E-state index in [0.29, 0.717) is 28.7 Å². The SMILES string of the molecule is CCOC(=O)c1cc(N2CCC(COC)CC2)c(C(=N)C2CCC2)c(Nc2ccc(F)cc2)n1. The minimum absolute atomic E-state index is 0.175. The molecular weight excluding hydrogens is 435 g/mol. The molecule has 8 heteroatoms. The summed E-state index contributed by atoms with van der Waals surface area (Å²) in [6, 6.07) is 7.76. The predicted molar refractivity (Wildman–Crippen MR) is 131 cm³/mol. The van der Waals surface area contributed by atoms with E-state index in [1.807, 2.05) is 0 Å². The molecule has 2 fully saturated rings. The van der Waals surface area contributed by atoms with Crippen LogP contribution in [0, 0.1) is 23.1 Å². The molecule has 2 aliphatic rings. The monoisotopic (exact) mass is 468 g/mol. The molecule has 2 N–H and O–H groups in total. The molecule has 0 spiro atoms. The van der Waals surface area contributed by atoms with Crippen LogP contribution < -0.4 is 10.2 Å². The molecule has 0 atom stereocenters. The minimum atomic E-state index is -0.498. The van der Waals surface area contributed by atoms with Gasteiger partial charge in [-0.05, 0) is 68.9 Å². The Balaban J connectivity index is 1.77. The van der Waals surface area contributed by atoms with Gasteiger partial charge in [0, 0.05) is 44.1 Å². The highest BCUT2D eigenvalue weighted by Gasteiger charge is 2.31. The molecule has 4 rings (SSSR count). The molecule has 1 aliphatic heterocycles. The number of halogens is 1. The van der Waals surface area contributed by atoms with Crippen molar-refractivity contribution < 1.29 is 18.7 Å². The number of benzene rings is 1. The van der Waals surface area contributed by atoms with Crippen LogP contribution in [0.4, 0.5) is 21.6 Å². The lowest BCUT2D eigenvalue weighted by Gasteiger charge is -2.36. The first-order valence-corrected chi connectivity index (χ1v) is 12.1. The second-order valence-electron chi connectivity index (χ2n) is 9.03. The Kier molecular flexibility index (Phi) is 7.77. The Bertz CT molecular complexity index is 1020. The molecule has 7 nitrogen and oxygen atoms in total. The van der Waals surface area contributed by atoms with Crippen LogP contribution in [0.25, 0.3) is 0 Å². The third-order valence-corrected chi connectivity index (χ3v) is 6.73. The molecule has 1 saturated carbocycles. The number of piperidine rings is 1. The average Bonchev–Trinajstić information content (AvgIpc) is 2.80. The van der Waals surface area contributed by atoms with Gasteiger partial charge in [-0.1, -0.05) is 6.42 Å². The number of anilines is 3. The van der Waals surface area contributed by atoms with Gasteiger partial charge in [0.25, 0.3) is 0 Å². The molecule has 34 heavy (non-hydrogen) atoms. The summed E-state index contributed by atoms with van der Waals surface area (Å²) in [5.41, 5.74) is 2.92. The topological polar surface area (TPSA) is 87.5 Å². The number of hydrogen-bond donors (Lipinski definition) is 2. The van der Waals surface area contributed by atoms with Crippen LogP contribution in [0.3, 0.4) is 0 Å². The van der Waals surface area contributed by atoms with E-state index in [1.165, 1.54) is 12.1 Å². The van der Waals surface area contributed by atoms with E-state index in [4.69, 9.17) is 14.9 Å². The van der Waals surface area contributed by atoms with Crippen molar-refractivity contribution in [2.45, 2.75) is 39.0 Å². The number of methoxy groups -OCH3 is 1. The summed E-state index contributed by atoms with van der Waals surface area (Å²) in [4.78, 5) is 19.5. The molecule has 1 aliphatic carbocycles. The highest BCUT2D eigenvalue weighted by atomic mass is 19.1. The quantitative estimate of drug-likeness (QED) is 0.390. The van der Waals surface area contributed by atoms with Crippen LogP contribution in [0.2, 0.25) is 0 Å². The molecule has 2 heterocycles. The van der Waals surface area contributed by atoms with Crippen LogP contribution in [0.5, 0.6) is 0 Å². The van der Waals surface area contributed by atoms with Crippen molar-refractivity contribution in [1.29, 1.82) is 5.41 Å². The first kappa shape index (κ1) is 24.1. The van der Waals surface area contributed by atoms with E-state index in [0.717, 1.165) is 57.5 Å². The first-order chi connectivity index (χ1) is 16.5. The van der Waals surface area contributed by atoms with Crippen molar-refractivity contribution in [3.63, 3.8) is 0 Å². The Labute approximate surface area is 200 Å². The van der Waals surface area contributed by atoms with Gasteiger partial charge >= 0.3 is 5.97 Å². The summed E-state index contributed by atoms with van der Waals surface area (Å²) < 4.78 is 24.1. The average molecular weight is 469 g/mol. The number of esters is 1. The summed E-state index contributed by atoms with van der Waals surface area (Å²) in [5, 5.41) is 12.3. The standard InChI is InChI=1S/C26H33FN4O3/c1-3-34-26(32)21-15-22(31-13-11-17(12-14-31)16-33-2)23(24(28)18-5-4-6-18)25(30-21)29-20-9-7-19(27)8-10-20/h7-10,15,17-18,28H,3-6,11-14,16H2,1-2H3,(H,29,30). The van der Waals surface area contributed by atoms with Crippen molar-refractivity contribution in [3.05, 3.63) is 47.4 Å². The van der Waals surface area contributed by atoms with Gasteiger partial charge in [-0.3, -0.25) is 0 Å². The molecule has 2 aromatic rings. The maximum atomic E-state index is 13.5. The zero-order valence-corrected chi connectivity index (χ0v) is 19.9. The second-order valence-corrected chi connectivity index (χ2v) is 9.03. The maximum Gasteiger partial charge on any atom is 0.357 e. The van der Waals surface area contributed by atoms with Crippen LogP contribution >= 0.6 is 0 Å². The largest absolute Gasteiger partial charge is 0.461 e. The van der Waals surface area contributed by atoms with Crippen molar-refractivity contribution in [2.75, 3.05) is 43.6 Å². The van der Waals surface area contributed by atoms with E-state index in [-0.39, 0.29) is 24.0 Å². The fourth-order valence-corrected chi connectivity index (χ4v) is 4.59. The van der Waals surface area contributed by atoms with E-state index >= 15 is 0 Å². The molecule has 0 radical (unpaired) electrons. The van der Waals surface area contributed by atoms with E-state index in [1.54, 1.807) is 32.2 Å². The number of hydrogen-bond acceptors (Lipinski definition) is 7. The lowest BCUT2D eigenvalue weighted by atomic mass is 9.79. The van der Waals surface area contributed by atoms with Gasteiger partial charge in [0.1, 0.15) is 11.6 Å². The highest BCUT2D eigenvalue weighted by Crippen LogP contribution is 2.38. The van der Waals surface area contributed by atoms with E-state index in [2.05, 4.69) is 15.2 Å². The van der Waals surface area contributed by atoms with Crippen molar-refractivity contribution in [1.82, 2.24) is 4.98 Å². The molecule has 1 aromatic heterocycles. The number of carbonyl (C=O) groups excluding carboxylic acids is 1. The summed E-state index contributed by atoms with van der Waals surface area (Å²) >= 11 is 0. The molecule has 1 aromatic carbocycles. The van der Waals surface area contributed by atoms with Gasteiger partial charge in [0.05, 0.1) is 17.9 Å². The minimum Gasteiger partial charge on any atom is -0.461 e. The van der Waals surface area contributed by atoms with Crippen LogP contribution in [-0.2, 0) is 9.47 Å². The van der Waals surface area contributed by atoms with Gasteiger partial charge in [0.15, 0.2) is 5.69 Å². The lowest BCUT2D eigenvalue weighted by molar-refractivity contribution is 0.0519. The fourth-order valence-electron chi connectivity index (χ4n) is 4.59. The van der Waals surface area contributed by atoms with Gasteiger partial charge < -0.3 is 25.1 Å². The smallest absolute Gasteiger partial charge is 0.357 e. The van der Waals surface area contributed by atoms with Crippen LogP contribution in [0.1, 0.15) is 55.1 Å². The number of rotatable bonds is 9. The van der Waals surface area contributed by atoms with Gasteiger partial charge in [0.2, 0.25) is 0 Å². The Morgan fingerprint density at radius 3 is 2.50 bits per heavy atom. The summed E-state index contributed by atoms with van der Waals surface area (Å²) in [5.74, 6) is 0.276. The first-order valence-electron chi connectivity index (χ1n) is 12.1. The number of ether oxygens (including phenoxy) is 2. The Morgan fingerprint density at radius 1 is 1.21 bits per heavy atom. The Hall–Kier alpha value is -3.00. The number of nitrogens with one attached hydrogen (secondary N) is 2. The zero-order valence-electron chi connectivity index (χ0n) is 19.9. The molecule has 0 amide bonds. The Morgan fingerprint density at radius 2 is 1.91 bits per heavy atom. The molecule has 1 saturated heterocycles. The zero-order chi connectivity index (χ0) is 24.1. The molecule has 182 valence electrons. The van der Waals surface area contributed by atoms with Crippen molar-refractivity contribution in [2.24, 2.45) is 11.8 Å². The second kappa shape index (κ2) is 11.0. The maximum absolute atomic E-state index is 13.5. The van der Waals surface area contributed by atoms with E-state index < -0.39 is 5.97 Å². The van der Waals surface area contributed by atoms with Gasteiger partial charge in [-0.25, -0.2) is 14.2 Å². The predicted octanol–water partition coefficient (Wildman–Crippen LogP) is 5.17. The third-order valence-electron chi connectivity index (χ3n) is 6.73. The van der Waals surface area contributed by atoms with Crippen LogP contribution in [0.15, 0.2) is 30.3 Å². The summed E-state index contributed by atoms with van der Waals surface area (Å²) in [6.45, 7) is 4.36. The third kappa shape index (κ3) is 5.38. The van der Waals surface area contributed by atoms with Crippen molar-refractivity contribution in [3.8, 4) is 0 Å².